The molecule has 1 aromatic carbocycles. The van der Waals surface area contributed by atoms with Crippen molar-refractivity contribution in [1.82, 2.24) is 4.98 Å². The van der Waals surface area contributed by atoms with Gasteiger partial charge in [0.15, 0.2) is 0 Å². The van der Waals surface area contributed by atoms with Crippen molar-refractivity contribution in [1.29, 1.82) is 0 Å². The lowest BCUT2D eigenvalue weighted by atomic mass is 10.2. The molecule has 2 N–H and O–H groups in total. The van der Waals surface area contributed by atoms with Crippen LogP contribution in [0.2, 0.25) is 5.02 Å². The summed E-state index contributed by atoms with van der Waals surface area (Å²) in [5, 5.41) is 6.89. The molecule has 0 radical (unpaired) electrons. The molecule has 1 aromatic heterocycles. The highest BCUT2D eigenvalue weighted by atomic mass is 35.5. The summed E-state index contributed by atoms with van der Waals surface area (Å²) in [4.78, 5) is 4.15. The highest BCUT2D eigenvalue weighted by Crippen LogP contribution is 2.30. The molecule has 4 nitrogen and oxygen atoms in total. The second-order valence-corrected chi connectivity index (χ2v) is 4.09. The molecular weight excluding hydrogens is 250 g/mol. The number of hydrogen-bond acceptors (Lipinski definition) is 4. The standard InChI is InChI=1S/C13H14ClN3O/c1-15-13-8-10(5-6-16-13)17-11-7-9(14)3-4-12(11)18-2/h3-8H,1-2H3,(H2,15,16,17). The van der Waals surface area contributed by atoms with Gasteiger partial charge in [-0.3, -0.25) is 0 Å². The first kappa shape index (κ1) is 12.5. The Bertz CT molecular complexity index is 546. The largest absolute Gasteiger partial charge is 0.495 e. The Morgan fingerprint density at radius 1 is 1.22 bits per heavy atom. The molecule has 0 amide bonds. The second kappa shape index (κ2) is 5.60. The van der Waals surface area contributed by atoms with Gasteiger partial charge in [0, 0.05) is 30.0 Å². The van der Waals surface area contributed by atoms with E-state index in [9.17, 15) is 0 Å². The molecule has 2 rings (SSSR count). The van der Waals surface area contributed by atoms with Gasteiger partial charge < -0.3 is 15.4 Å². The molecule has 0 atom stereocenters. The number of pyridine rings is 1. The molecule has 94 valence electrons. The van der Waals surface area contributed by atoms with Crippen LogP contribution in [-0.4, -0.2) is 19.1 Å². The van der Waals surface area contributed by atoms with Crippen LogP contribution in [0.5, 0.6) is 5.75 Å². The normalized spacial score (nSPS) is 9.94. The van der Waals surface area contributed by atoms with Crippen LogP contribution in [0, 0.1) is 0 Å². The number of benzene rings is 1. The van der Waals surface area contributed by atoms with E-state index in [-0.39, 0.29) is 0 Å². The summed E-state index contributed by atoms with van der Waals surface area (Å²) in [5.74, 6) is 1.53. The van der Waals surface area contributed by atoms with Gasteiger partial charge in [-0.05, 0) is 24.3 Å². The van der Waals surface area contributed by atoms with Crippen LogP contribution in [0.1, 0.15) is 0 Å². The maximum atomic E-state index is 5.98. The SMILES string of the molecule is CNc1cc(Nc2cc(Cl)ccc2OC)ccn1. The van der Waals surface area contributed by atoms with Crippen molar-refractivity contribution in [3.05, 3.63) is 41.6 Å². The van der Waals surface area contributed by atoms with Crippen molar-refractivity contribution in [3.8, 4) is 5.75 Å². The summed E-state index contributed by atoms with van der Waals surface area (Å²) < 4.78 is 5.28. The molecule has 0 aliphatic heterocycles. The number of hydrogen-bond donors (Lipinski definition) is 2. The van der Waals surface area contributed by atoms with Crippen molar-refractivity contribution in [2.45, 2.75) is 0 Å². The van der Waals surface area contributed by atoms with E-state index >= 15 is 0 Å². The van der Waals surface area contributed by atoms with Crippen LogP contribution in [0.15, 0.2) is 36.5 Å². The predicted molar refractivity (Wildman–Crippen MR) is 75.1 cm³/mol. The molecule has 2 aromatic rings. The van der Waals surface area contributed by atoms with E-state index in [1.54, 1.807) is 19.4 Å². The summed E-state index contributed by atoms with van der Waals surface area (Å²) in [6.45, 7) is 0. The highest BCUT2D eigenvalue weighted by molar-refractivity contribution is 6.31. The van der Waals surface area contributed by atoms with Gasteiger partial charge in [-0.25, -0.2) is 4.98 Å². The topological polar surface area (TPSA) is 46.2 Å². The van der Waals surface area contributed by atoms with Gasteiger partial charge in [0.1, 0.15) is 11.6 Å². The molecule has 0 spiro atoms. The van der Waals surface area contributed by atoms with Crippen molar-refractivity contribution < 1.29 is 4.74 Å². The first-order valence-corrected chi connectivity index (χ1v) is 5.85. The van der Waals surface area contributed by atoms with Crippen LogP contribution in [0.25, 0.3) is 0 Å². The Morgan fingerprint density at radius 3 is 2.78 bits per heavy atom. The molecule has 18 heavy (non-hydrogen) atoms. The fourth-order valence-corrected chi connectivity index (χ4v) is 1.75. The summed E-state index contributed by atoms with van der Waals surface area (Å²) in [5.41, 5.74) is 1.73. The van der Waals surface area contributed by atoms with Gasteiger partial charge in [0.05, 0.1) is 12.8 Å². The number of nitrogens with one attached hydrogen (secondary N) is 2. The zero-order valence-corrected chi connectivity index (χ0v) is 11.0. The van der Waals surface area contributed by atoms with Crippen molar-refractivity contribution in [2.24, 2.45) is 0 Å². The number of anilines is 3. The number of nitrogens with zero attached hydrogens (tertiary/aromatic N) is 1. The number of methoxy groups -OCH3 is 1. The zero-order valence-electron chi connectivity index (χ0n) is 10.2. The van der Waals surface area contributed by atoms with Gasteiger partial charge in [-0.15, -0.1) is 0 Å². The first-order valence-electron chi connectivity index (χ1n) is 5.47. The zero-order chi connectivity index (χ0) is 13.0. The van der Waals surface area contributed by atoms with Gasteiger partial charge in [-0.1, -0.05) is 11.6 Å². The van der Waals surface area contributed by atoms with Gasteiger partial charge in [-0.2, -0.15) is 0 Å². The van der Waals surface area contributed by atoms with E-state index in [4.69, 9.17) is 16.3 Å². The van der Waals surface area contributed by atoms with Crippen LogP contribution >= 0.6 is 11.6 Å². The highest BCUT2D eigenvalue weighted by Gasteiger charge is 2.04. The van der Waals surface area contributed by atoms with E-state index in [0.717, 1.165) is 22.9 Å². The van der Waals surface area contributed by atoms with E-state index in [2.05, 4.69) is 15.6 Å². The molecule has 0 bridgehead atoms. The lowest BCUT2D eigenvalue weighted by Crippen LogP contribution is -1.97. The second-order valence-electron chi connectivity index (χ2n) is 3.65. The molecule has 0 saturated carbocycles. The fraction of sp³-hybridized carbons (Fsp3) is 0.154. The van der Waals surface area contributed by atoms with Gasteiger partial charge in [0.2, 0.25) is 0 Å². The smallest absolute Gasteiger partial charge is 0.142 e. The summed E-state index contributed by atoms with van der Waals surface area (Å²) in [6, 6.07) is 9.21. The average Bonchev–Trinajstić information content (AvgIpc) is 2.39. The molecule has 0 unspecified atom stereocenters. The third-order valence-electron chi connectivity index (χ3n) is 2.46. The Kier molecular flexibility index (Phi) is 3.89. The Morgan fingerprint density at radius 2 is 2.06 bits per heavy atom. The van der Waals surface area contributed by atoms with Crippen LogP contribution < -0.4 is 15.4 Å². The predicted octanol–water partition coefficient (Wildman–Crippen LogP) is 3.53. The molecule has 0 saturated heterocycles. The Balaban J connectivity index is 2.29. The summed E-state index contributed by atoms with van der Waals surface area (Å²) >= 11 is 5.98. The molecule has 5 heteroatoms. The number of ether oxygens (including phenoxy) is 1. The van der Waals surface area contributed by atoms with Crippen molar-refractivity contribution in [2.75, 3.05) is 24.8 Å². The molecule has 0 fully saturated rings. The lowest BCUT2D eigenvalue weighted by Gasteiger charge is -2.12. The van der Waals surface area contributed by atoms with E-state index in [0.29, 0.717) is 5.02 Å². The van der Waals surface area contributed by atoms with Crippen molar-refractivity contribution >= 4 is 28.8 Å². The van der Waals surface area contributed by atoms with Gasteiger partial charge >= 0.3 is 0 Å². The molecule has 0 aliphatic rings. The van der Waals surface area contributed by atoms with Crippen LogP contribution in [0.4, 0.5) is 17.2 Å². The van der Waals surface area contributed by atoms with Crippen LogP contribution in [-0.2, 0) is 0 Å². The number of aromatic nitrogens is 1. The van der Waals surface area contributed by atoms with Crippen LogP contribution in [0.3, 0.4) is 0 Å². The molecule has 0 aliphatic carbocycles. The quantitative estimate of drug-likeness (QED) is 0.886. The maximum Gasteiger partial charge on any atom is 0.142 e. The minimum Gasteiger partial charge on any atom is -0.495 e. The first-order chi connectivity index (χ1) is 8.72. The minimum atomic E-state index is 0.654. The minimum absolute atomic E-state index is 0.654. The average molecular weight is 264 g/mol. The monoisotopic (exact) mass is 263 g/mol. The Labute approximate surface area is 111 Å². The third kappa shape index (κ3) is 2.84. The summed E-state index contributed by atoms with van der Waals surface area (Å²) in [7, 11) is 3.45. The van der Waals surface area contributed by atoms with E-state index < -0.39 is 0 Å². The van der Waals surface area contributed by atoms with E-state index in [1.807, 2.05) is 31.3 Å². The lowest BCUT2D eigenvalue weighted by molar-refractivity contribution is 0.417. The van der Waals surface area contributed by atoms with Crippen molar-refractivity contribution in [3.63, 3.8) is 0 Å². The number of rotatable bonds is 4. The van der Waals surface area contributed by atoms with E-state index in [1.165, 1.54) is 0 Å². The van der Waals surface area contributed by atoms with Gasteiger partial charge in [0.25, 0.3) is 0 Å². The summed E-state index contributed by atoms with van der Waals surface area (Å²) in [6.07, 6.45) is 1.73. The fourth-order valence-electron chi connectivity index (χ4n) is 1.58. The third-order valence-corrected chi connectivity index (χ3v) is 2.69. The number of halogens is 1. The Hall–Kier alpha value is -1.94. The molecule has 1 heterocycles. The maximum absolute atomic E-state index is 5.98. The molecular formula is C13H14ClN3O.